The highest BCUT2D eigenvalue weighted by molar-refractivity contribution is 6.34. The number of amides is 2. The molecule has 1 aromatic carbocycles. The van der Waals surface area contributed by atoms with E-state index in [0.29, 0.717) is 35.3 Å². The van der Waals surface area contributed by atoms with Gasteiger partial charge in [-0.05, 0) is 43.5 Å². The smallest absolute Gasteiger partial charge is 0.238 e. The van der Waals surface area contributed by atoms with Crippen LogP contribution in [-0.4, -0.2) is 36.3 Å². The molecule has 1 aliphatic heterocycles. The summed E-state index contributed by atoms with van der Waals surface area (Å²) < 4.78 is 0. The number of carbonyl (C=O) groups excluding carboxylic acids is 2. The number of piperidine rings is 1. The Bertz CT molecular complexity index is 577. The molecule has 0 saturated carbocycles. The first-order valence-electron chi connectivity index (χ1n) is 8.09. The fourth-order valence-electron chi connectivity index (χ4n) is 2.77. The molecule has 1 heterocycles. The number of carbonyl (C=O) groups is 2. The maximum atomic E-state index is 12.2. The van der Waals surface area contributed by atoms with Crippen molar-refractivity contribution in [1.82, 2.24) is 4.90 Å². The lowest BCUT2D eigenvalue weighted by Crippen LogP contribution is -2.39. The molecular weight excluding hydrogens is 314 g/mol. The van der Waals surface area contributed by atoms with Crippen LogP contribution in [0.1, 0.15) is 33.1 Å². The van der Waals surface area contributed by atoms with E-state index in [2.05, 4.69) is 22.5 Å². The quantitative estimate of drug-likeness (QED) is 0.866. The number of hydrogen-bond acceptors (Lipinski definition) is 3. The van der Waals surface area contributed by atoms with Gasteiger partial charge in [0.15, 0.2) is 0 Å². The largest absolute Gasteiger partial charge is 0.326 e. The third-order valence-corrected chi connectivity index (χ3v) is 4.27. The fraction of sp³-hybridized carbons (Fsp3) is 0.529. The number of halogens is 1. The van der Waals surface area contributed by atoms with Crippen LogP contribution in [0.25, 0.3) is 0 Å². The Balaban J connectivity index is 1.91. The van der Waals surface area contributed by atoms with Gasteiger partial charge in [-0.1, -0.05) is 25.4 Å². The van der Waals surface area contributed by atoms with E-state index >= 15 is 0 Å². The topological polar surface area (TPSA) is 61.4 Å². The standard InChI is InChI=1S/C17H24ClN3O2/c1-3-16(22)19-13-6-7-15(14(18)9-13)20-17(23)11-21-8-4-5-12(2)10-21/h6-7,9,12H,3-5,8,10-11H2,1-2H3,(H,19,22)(H,20,23)/t12-/m1/s1. The van der Waals surface area contributed by atoms with Gasteiger partial charge in [0.1, 0.15) is 0 Å². The van der Waals surface area contributed by atoms with Crippen molar-refractivity contribution in [2.75, 3.05) is 30.3 Å². The number of nitrogens with zero attached hydrogens (tertiary/aromatic N) is 1. The Morgan fingerprint density at radius 2 is 2.09 bits per heavy atom. The summed E-state index contributed by atoms with van der Waals surface area (Å²) in [4.78, 5) is 25.7. The van der Waals surface area contributed by atoms with E-state index in [-0.39, 0.29) is 11.8 Å². The van der Waals surface area contributed by atoms with Crippen molar-refractivity contribution >= 4 is 34.8 Å². The highest BCUT2D eigenvalue weighted by atomic mass is 35.5. The summed E-state index contributed by atoms with van der Waals surface area (Å²) in [5.74, 6) is 0.505. The summed E-state index contributed by atoms with van der Waals surface area (Å²) >= 11 is 6.19. The van der Waals surface area contributed by atoms with Crippen LogP contribution in [0.2, 0.25) is 5.02 Å². The minimum atomic E-state index is -0.0722. The van der Waals surface area contributed by atoms with Gasteiger partial charge in [0, 0.05) is 18.7 Å². The maximum absolute atomic E-state index is 12.2. The van der Waals surface area contributed by atoms with Crippen LogP contribution in [0.3, 0.4) is 0 Å². The summed E-state index contributed by atoms with van der Waals surface area (Å²) in [6.07, 6.45) is 2.78. The Hall–Kier alpha value is -1.59. The first-order chi connectivity index (χ1) is 11.0. The summed E-state index contributed by atoms with van der Waals surface area (Å²) in [5, 5.41) is 6.00. The molecule has 6 heteroatoms. The zero-order valence-corrected chi connectivity index (χ0v) is 14.4. The number of benzene rings is 1. The number of anilines is 2. The molecule has 0 aromatic heterocycles. The zero-order chi connectivity index (χ0) is 16.8. The molecule has 1 aliphatic rings. The molecular formula is C17H24ClN3O2. The number of nitrogens with one attached hydrogen (secondary N) is 2. The molecule has 2 rings (SSSR count). The van der Waals surface area contributed by atoms with Gasteiger partial charge in [-0.2, -0.15) is 0 Å². The van der Waals surface area contributed by atoms with Crippen molar-refractivity contribution in [2.24, 2.45) is 5.92 Å². The van der Waals surface area contributed by atoms with Gasteiger partial charge in [0.25, 0.3) is 0 Å². The molecule has 2 N–H and O–H groups in total. The minimum Gasteiger partial charge on any atom is -0.326 e. The first kappa shape index (κ1) is 17.8. The lowest BCUT2D eigenvalue weighted by Gasteiger charge is -2.30. The van der Waals surface area contributed by atoms with Crippen LogP contribution in [0, 0.1) is 5.92 Å². The fourth-order valence-corrected chi connectivity index (χ4v) is 2.99. The third-order valence-electron chi connectivity index (χ3n) is 3.96. The van der Waals surface area contributed by atoms with Crippen LogP contribution in [0.5, 0.6) is 0 Å². The van der Waals surface area contributed by atoms with Crippen molar-refractivity contribution < 1.29 is 9.59 Å². The van der Waals surface area contributed by atoms with Gasteiger partial charge in [-0.3, -0.25) is 14.5 Å². The Morgan fingerprint density at radius 1 is 1.30 bits per heavy atom. The molecule has 5 nitrogen and oxygen atoms in total. The van der Waals surface area contributed by atoms with Crippen LogP contribution in [0.4, 0.5) is 11.4 Å². The first-order valence-corrected chi connectivity index (χ1v) is 8.47. The molecule has 0 bridgehead atoms. The summed E-state index contributed by atoms with van der Waals surface area (Å²) in [7, 11) is 0. The summed E-state index contributed by atoms with van der Waals surface area (Å²) in [6.45, 7) is 6.31. The predicted molar refractivity (Wildman–Crippen MR) is 93.8 cm³/mol. The van der Waals surface area contributed by atoms with E-state index in [9.17, 15) is 9.59 Å². The summed E-state index contributed by atoms with van der Waals surface area (Å²) in [5.41, 5.74) is 1.20. The molecule has 23 heavy (non-hydrogen) atoms. The van der Waals surface area contributed by atoms with E-state index in [1.807, 2.05) is 0 Å². The second-order valence-corrected chi connectivity index (χ2v) is 6.53. The molecule has 1 saturated heterocycles. The van der Waals surface area contributed by atoms with Crippen molar-refractivity contribution in [3.63, 3.8) is 0 Å². The van der Waals surface area contributed by atoms with E-state index in [4.69, 9.17) is 11.6 Å². The number of hydrogen-bond donors (Lipinski definition) is 2. The average molecular weight is 338 g/mol. The SMILES string of the molecule is CCC(=O)Nc1ccc(NC(=O)CN2CCC[C@@H](C)C2)c(Cl)c1. The van der Waals surface area contributed by atoms with Crippen LogP contribution in [-0.2, 0) is 9.59 Å². The average Bonchev–Trinajstić information content (AvgIpc) is 2.50. The molecule has 1 fully saturated rings. The number of rotatable bonds is 5. The normalized spacial score (nSPS) is 18.5. The second kappa shape index (κ2) is 8.31. The second-order valence-electron chi connectivity index (χ2n) is 6.13. The van der Waals surface area contributed by atoms with E-state index in [0.717, 1.165) is 19.5 Å². The maximum Gasteiger partial charge on any atom is 0.238 e. The molecule has 0 unspecified atom stereocenters. The Kier molecular flexibility index (Phi) is 6.42. The van der Waals surface area contributed by atoms with Gasteiger partial charge in [0.05, 0.1) is 17.3 Å². The molecule has 2 amide bonds. The van der Waals surface area contributed by atoms with Crippen molar-refractivity contribution in [1.29, 1.82) is 0 Å². The van der Waals surface area contributed by atoms with E-state index < -0.39 is 0 Å². The Labute approximate surface area is 142 Å². The number of likely N-dealkylation sites (tertiary alicyclic amines) is 1. The van der Waals surface area contributed by atoms with Gasteiger partial charge < -0.3 is 10.6 Å². The van der Waals surface area contributed by atoms with E-state index in [1.165, 1.54) is 6.42 Å². The van der Waals surface area contributed by atoms with Crippen molar-refractivity contribution in [2.45, 2.75) is 33.1 Å². The monoisotopic (exact) mass is 337 g/mol. The van der Waals surface area contributed by atoms with Gasteiger partial charge in [0.2, 0.25) is 11.8 Å². The predicted octanol–water partition coefficient (Wildman–Crippen LogP) is 3.36. The third kappa shape index (κ3) is 5.52. The molecule has 1 aromatic rings. The van der Waals surface area contributed by atoms with E-state index in [1.54, 1.807) is 25.1 Å². The van der Waals surface area contributed by atoms with Crippen LogP contribution in [0.15, 0.2) is 18.2 Å². The minimum absolute atomic E-state index is 0.0636. The van der Waals surface area contributed by atoms with Crippen molar-refractivity contribution in [3.8, 4) is 0 Å². The van der Waals surface area contributed by atoms with Crippen LogP contribution < -0.4 is 10.6 Å². The zero-order valence-electron chi connectivity index (χ0n) is 13.7. The highest BCUT2D eigenvalue weighted by Crippen LogP contribution is 2.25. The van der Waals surface area contributed by atoms with Crippen LogP contribution >= 0.6 is 11.6 Å². The van der Waals surface area contributed by atoms with Gasteiger partial charge in [-0.15, -0.1) is 0 Å². The molecule has 126 valence electrons. The lowest BCUT2D eigenvalue weighted by atomic mass is 10.0. The molecule has 0 spiro atoms. The van der Waals surface area contributed by atoms with Gasteiger partial charge >= 0.3 is 0 Å². The Morgan fingerprint density at radius 3 is 2.74 bits per heavy atom. The summed E-state index contributed by atoms with van der Waals surface area (Å²) in [6, 6.07) is 5.09. The van der Waals surface area contributed by atoms with Crippen molar-refractivity contribution in [3.05, 3.63) is 23.2 Å². The van der Waals surface area contributed by atoms with Gasteiger partial charge in [-0.25, -0.2) is 0 Å². The molecule has 0 radical (unpaired) electrons. The highest BCUT2D eigenvalue weighted by Gasteiger charge is 2.19. The lowest BCUT2D eigenvalue weighted by molar-refractivity contribution is -0.118. The molecule has 0 aliphatic carbocycles. The molecule has 1 atom stereocenters.